The predicted octanol–water partition coefficient (Wildman–Crippen LogP) is 4.92. The van der Waals surface area contributed by atoms with Crippen LogP contribution in [0.2, 0.25) is 10.0 Å². The third-order valence-corrected chi connectivity index (χ3v) is 5.47. The van der Waals surface area contributed by atoms with Gasteiger partial charge in [-0.25, -0.2) is 4.79 Å². The fourth-order valence-corrected chi connectivity index (χ4v) is 3.86. The molecule has 2 aromatic rings. The summed E-state index contributed by atoms with van der Waals surface area (Å²) in [4.78, 5) is 11.3. The van der Waals surface area contributed by atoms with Crippen LogP contribution in [0.15, 0.2) is 40.9 Å². The highest BCUT2D eigenvalue weighted by atomic mass is 35.5. The van der Waals surface area contributed by atoms with Crippen LogP contribution < -0.4 is 9.47 Å². The quantitative estimate of drug-likeness (QED) is 0.544. The Kier molecular flexibility index (Phi) is 5.20. The Bertz CT molecular complexity index is 945. The summed E-state index contributed by atoms with van der Waals surface area (Å²) in [5.41, 5.74) is -0.599. The lowest BCUT2D eigenvalue weighted by molar-refractivity contribution is -0.611. The van der Waals surface area contributed by atoms with Crippen LogP contribution in [0.4, 0.5) is 13.2 Å². The molecule has 0 spiro atoms. The number of carboxylic acids is 1. The van der Waals surface area contributed by atoms with Gasteiger partial charge in [-0.15, -0.1) is 16.5 Å². The van der Waals surface area contributed by atoms with Crippen molar-refractivity contribution in [3.05, 3.63) is 56.9 Å². The summed E-state index contributed by atoms with van der Waals surface area (Å²) < 4.78 is 45.4. The number of rotatable bonds is 3. The molecule has 11 heteroatoms. The number of carbonyl (C=O) groups is 1. The first-order valence-electron chi connectivity index (χ1n) is 7.15. The zero-order valence-electron chi connectivity index (χ0n) is 13.0. The molecule has 0 radical (unpaired) electrons. The van der Waals surface area contributed by atoms with E-state index in [-0.39, 0.29) is 32.1 Å². The summed E-state index contributed by atoms with van der Waals surface area (Å²) in [6.45, 7) is 0. The third-order valence-electron chi connectivity index (χ3n) is 3.52. The molecule has 1 atom stereocenters. The van der Waals surface area contributed by atoms with Crippen LogP contribution in [0.3, 0.4) is 0 Å². The highest BCUT2D eigenvalue weighted by molar-refractivity contribution is 8.00. The van der Waals surface area contributed by atoms with Gasteiger partial charge in [0.05, 0.1) is 10.6 Å². The molecule has 142 valence electrons. The van der Waals surface area contributed by atoms with Crippen LogP contribution in [0, 0.1) is 5.21 Å². The van der Waals surface area contributed by atoms with Gasteiger partial charge in [0.1, 0.15) is 5.25 Å². The maximum absolute atomic E-state index is 13.2. The Hall–Kier alpha value is -2.10. The highest BCUT2D eigenvalue weighted by Gasteiger charge is 2.47. The molecule has 0 fully saturated rings. The van der Waals surface area contributed by atoms with Gasteiger partial charge in [-0.05, 0) is 29.8 Å². The molecule has 0 saturated carbocycles. The van der Waals surface area contributed by atoms with Crippen LogP contribution in [-0.2, 0) is 4.79 Å². The van der Waals surface area contributed by atoms with E-state index in [1.807, 2.05) is 0 Å². The fraction of sp³-hybridized carbons (Fsp3) is 0.125. The molecule has 1 aromatic heterocycles. The Morgan fingerprint density at radius 2 is 2.00 bits per heavy atom. The Morgan fingerprint density at radius 1 is 1.30 bits per heavy atom. The molecule has 2 heterocycles. The second-order valence-corrected chi connectivity index (χ2v) is 7.32. The topological polar surface area (TPSA) is 73.5 Å². The number of carboxylic acid groups (broad SMARTS) is 1. The van der Waals surface area contributed by atoms with E-state index in [2.05, 4.69) is 0 Å². The number of thioether (sulfide) groups is 1. The lowest BCUT2D eigenvalue weighted by Gasteiger charge is -2.25. The number of hydrogen-bond acceptors (Lipinski definition) is 4. The van der Waals surface area contributed by atoms with Crippen LogP contribution in [0.25, 0.3) is 6.08 Å². The first-order chi connectivity index (χ1) is 12.6. The van der Waals surface area contributed by atoms with Gasteiger partial charge in [0.25, 0.3) is 0 Å². The number of hydrogen-bond donors (Lipinski definition) is 1. The minimum Gasteiger partial charge on any atom is -0.616 e. The molecule has 0 saturated heterocycles. The summed E-state index contributed by atoms with van der Waals surface area (Å²) in [5, 5.41) is 18.6. The van der Waals surface area contributed by atoms with Gasteiger partial charge in [-0.3, -0.25) is 0 Å². The zero-order valence-corrected chi connectivity index (χ0v) is 15.3. The third kappa shape index (κ3) is 3.95. The Morgan fingerprint density at radius 3 is 2.59 bits per heavy atom. The number of benzene rings is 1. The van der Waals surface area contributed by atoms with E-state index in [1.54, 1.807) is 0 Å². The molecule has 1 N–H and O–H groups in total. The van der Waals surface area contributed by atoms with Gasteiger partial charge in [-0.2, -0.15) is 13.2 Å². The molecule has 0 aliphatic carbocycles. The van der Waals surface area contributed by atoms with Crippen LogP contribution in [-0.4, -0.2) is 22.5 Å². The van der Waals surface area contributed by atoms with Gasteiger partial charge in [0, 0.05) is 11.0 Å². The fourth-order valence-electron chi connectivity index (χ4n) is 2.34. The average Bonchev–Trinajstić information content (AvgIpc) is 2.56. The number of aromatic nitrogens is 1. The Balaban J connectivity index is 2.05. The predicted molar refractivity (Wildman–Crippen MR) is 93.3 cm³/mol. The molecule has 3 rings (SSSR count). The first-order valence-corrected chi connectivity index (χ1v) is 8.79. The summed E-state index contributed by atoms with van der Waals surface area (Å²) in [5.74, 6) is -2.06. The molecule has 0 bridgehead atoms. The minimum atomic E-state index is -4.77. The minimum absolute atomic E-state index is 0.0184. The monoisotopic (exact) mass is 437 g/mol. The summed E-state index contributed by atoms with van der Waals surface area (Å²) in [6.07, 6.45) is -2.72. The molecule has 5 nitrogen and oxygen atoms in total. The largest absolute Gasteiger partial charge is 0.616 e. The maximum Gasteiger partial charge on any atom is 0.405 e. The number of ether oxygens (including phenoxy) is 1. The summed E-state index contributed by atoms with van der Waals surface area (Å²) in [6, 6.07) is 5.26. The van der Waals surface area contributed by atoms with Crippen molar-refractivity contribution >= 4 is 47.0 Å². The van der Waals surface area contributed by atoms with Crippen molar-refractivity contribution in [1.82, 2.24) is 0 Å². The SMILES string of the molecule is O=C(O)C1=Cc2cc(Cl)c(Oc3c(Cl)ccc[n+]3[O-])cc2SC1C(F)(F)F. The van der Waals surface area contributed by atoms with E-state index in [0.717, 1.165) is 12.3 Å². The summed E-state index contributed by atoms with van der Waals surface area (Å²) >= 11 is 12.3. The number of aliphatic carboxylic acids is 1. The van der Waals surface area contributed by atoms with Gasteiger partial charge < -0.3 is 15.1 Å². The molecular formula is C16H8Cl2F3NO4S. The number of nitrogens with zero attached hydrogens (tertiary/aromatic N) is 1. The normalized spacial score (nSPS) is 16.5. The van der Waals surface area contributed by atoms with Crippen molar-refractivity contribution in [2.75, 3.05) is 0 Å². The molecular weight excluding hydrogens is 430 g/mol. The molecule has 1 unspecified atom stereocenters. The standard InChI is InChI=1S/C16H8Cl2F3NO4S/c17-9-2-1-3-22(25)14(9)26-11-6-12-7(5-10(11)18)4-8(15(23)24)13(27-12)16(19,20)21/h1-6,13H,(H,23,24). The average molecular weight is 438 g/mol. The molecule has 1 aromatic carbocycles. The van der Waals surface area contributed by atoms with E-state index in [4.69, 9.17) is 33.0 Å². The van der Waals surface area contributed by atoms with Crippen LogP contribution >= 0.6 is 35.0 Å². The zero-order chi connectivity index (χ0) is 19.9. The van der Waals surface area contributed by atoms with Gasteiger partial charge in [0.2, 0.25) is 0 Å². The number of pyridine rings is 1. The van der Waals surface area contributed by atoms with Crippen molar-refractivity contribution in [2.24, 2.45) is 0 Å². The lowest BCUT2D eigenvalue weighted by Crippen LogP contribution is -2.32. The van der Waals surface area contributed by atoms with E-state index in [1.165, 1.54) is 24.3 Å². The molecule has 1 aliphatic heterocycles. The number of halogens is 5. The Labute approximate surface area is 164 Å². The smallest absolute Gasteiger partial charge is 0.405 e. The highest BCUT2D eigenvalue weighted by Crippen LogP contribution is 2.47. The molecule has 27 heavy (non-hydrogen) atoms. The van der Waals surface area contributed by atoms with E-state index < -0.39 is 23.0 Å². The second kappa shape index (κ2) is 7.14. The number of fused-ring (bicyclic) bond motifs is 1. The maximum atomic E-state index is 13.2. The van der Waals surface area contributed by atoms with E-state index in [0.29, 0.717) is 16.5 Å². The van der Waals surface area contributed by atoms with Gasteiger partial charge >= 0.3 is 18.0 Å². The van der Waals surface area contributed by atoms with Gasteiger partial charge in [-0.1, -0.05) is 23.2 Å². The van der Waals surface area contributed by atoms with Crippen molar-refractivity contribution in [3.63, 3.8) is 0 Å². The van der Waals surface area contributed by atoms with Gasteiger partial charge in [0.15, 0.2) is 17.0 Å². The van der Waals surface area contributed by atoms with Crippen molar-refractivity contribution in [1.29, 1.82) is 0 Å². The van der Waals surface area contributed by atoms with Crippen LogP contribution in [0.1, 0.15) is 5.56 Å². The van der Waals surface area contributed by atoms with Crippen LogP contribution in [0.5, 0.6) is 11.6 Å². The van der Waals surface area contributed by atoms with Crippen molar-refractivity contribution < 1.29 is 32.5 Å². The van der Waals surface area contributed by atoms with Crippen molar-refractivity contribution in [2.45, 2.75) is 16.3 Å². The first kappa shape index (κ1) is 19.7. The van der Waals surface area contributed by atoms with E-state index in [9.17, 15) is 23.2 Å². The van der Waals surface area contributed by atoms with E-state index >= 15 is 0 Å². The second-order valence-electron chi connectivity index (χ2n) is 5.35. The number of alkyl halides is 3. The molecule has 0 amide bonds. The lowest BCUT2D eigenvalue weighted by atomic mass is 10.1. The van der Waals surface area contributed by atoms with Crippen molar-refractivity contribution in [3.8, 4) is 11.6 Å². The summed E-state index contributed by atoms with van der Waals surface area (Å²) in [7, 11) is 0. The molecule has 1 aliphatic rings.